The molecule has 1 fully saturated rings. The van der Waals surface area contributed by atoms with E-state index >= 15 is 0 Å². The van der Waals surface area contributed by atoms with Gasteiger partial charge in [0.15, 0.2) is 0 Å². The number of sulfonamides is 1. The van der Waals surface area contributed by atoms with Crippen molar-refractivity contribution in [1.29, 1.82) is 0 Å². The minimum Gasteiger partial charge on any atom is -0.353 e. The minimum absolute atomic E-state index is 0. The van der Waals surface area contributed by atoms with E-state index in [1.807, 2.05) is 0 Å². The van der Waals surface area contributed by atoms with Gasteiger partial charge in [0.05, 0.1) is 0 Å². The van der Waals surface area contributed by atoms with Crippen molar-refractivity contribution in [2.75, 3.05) is 26.2 Å². The zero-order valence-electron chi connectivity index (χ0n) is 13.2. The molecule has 2 N–H and O–H groups in total. The number of carbonyl (C=O) groups is 1. The first-order valence-electron chi connectivity index (χ1n) is 7.61. The highest BCUT2D eigenvalue weighted by molar-refractivity contribution is 7.91. The molecule has 0 aliphatic carbocycles. The SMILES string of the molecule is CCCNCCNC(=O)C1CCCN1S(=O)(=O)c1cccs1.Cl. The molecule has 0 saturated carbocycles. The number of carbonyl (C=O) groups excluding carboxylic acids is 1. The van der Waals surface area contributed by atoms with Crippen LogP contribution in [-0.4, -0.2) is 50.9 Å². The average Bonchev–Trinajstić information content (AvgIpc) is 3.18. The standard InChI is InChI=1S/C14H23N3O3S2.ClH/c1-2-7-15-8-9-16-14(18)12-5-3-10-17(12)22(19,20)13-6-4-11-21-13;/h4,6,11-12,15H,2-3,5,7-10H2,1H3,(H,16,18);1H. The van der Waals surface area contributed by atoms with Gasteiger partial charge in [-0.3, -0.25) is 4.79 Å². The lowest BCUT2D eigenvalue weighted by Crippen LogP contribution is -2.47. The maximum absolute atomic E-state index is 12.6. The number of hydrogen-bond donors (Lipinski definition) is 2. The Morgan fingerprint density at radius 2 is 2.17 bits per heavy atom. The van der Waals surface area contributed by atoms with Crippen LogP contribution in [0.5, 0.6) is 0 Å². The number of nitrogens with zero attached hydrogens (tertiary/aromatic N) is 1. The van der Waals surface area contributed by atoms with Crippen LogP contribution in [0.2, 0.25) is 0 Å². The number of halogens is 1. The molecule has 132 valence electrons. The van der Waals surface area contributed by atoms with Crippen molar-refractivity contribution in [3.63, 3.8) is 0 Å². The molecule has 1 saturated heterocycles. The highest BCUT2D eigenvalue weighted by Crippen LogP contribution is 2.28. The summed E-state index contributed by atoms with van der Waals surface area (Å²) in [6.45, 7) is 4.62. The van der Waals surface area contributed by atoms with Crippen LogP contribution in [0, 0.1) is 0 Å². The van der Waals surface area contributed by atoms with Crippen molar-refractivity contribution in [2.24, 2.45) is 0 Å². The lowest BCUT2D eigenvalue weighted by molar-refractivity contribution is -0.124. The summed E-state index contributed by atoms with van der Waals surface area (Å²) in [7, 11) is -3.55. The Kier molecular flexibility index (Phi) is 8.49. The van der Waals surface area contributed by atoms with Crippen LogP contribution in [0.4, 0.5) is 0 Å². The summed E-state index contributed by atoms with van der Waals surface area (Å²) in [5.74, 6) is -0.198. The van der Waals surface area contributed by atoms with E-state index in [1.54, 1.807) is 17.5 Å². The van der Waals surface area contributed by atoms with Crippen molar-refractivity contribution in [3.8, 4) is 0 Å². The van der Waals surface area contributed by atoms with Gasteiger partial charge in [0.2, 0.25) is 5.91 Å². The van der Waals surface area contributed by atoms with Gasteiger partial charge >= 0.3 is 0 Å². The third-order valence-corrected chi connectivity index (χ3v) is 6.87. The van der Waals surface area contributed by atoms with E-state index in [0.717, 1.165) is 19.4 Å². The van der Waals surface area contributed by atoms with Gasteiger partial charge in [0.1, 0.15) is 10.3 Å². The van der Waals surface area contributed by atoms with E-state index in [9.17, 15) is 13.2 Å². The molecule has 1 aliphatic heterocycles. The maximum atomic E-state index is 12.6. The molecule has 1 aromatic heterocycles. The average molecular weight is 382 g/mol. The van der Waals surface area contributed by atoms with Crippen LogP contribution in [0.25, 0.3) is 0 Å². The van der Waals surface area contributed by atoms with Crippen LogP contribution in [0.1, 0.15) is 26.2 Å². The highest BCUT2D eigenvalue weighted by atomic mass is 35.5. The molecule has 1 unspecified atom stereocenters. The molecule has 23 heavy (non-hydrogen) atoms. The number of nitrogens with one attached hydrogen (secondary N) is 2. The summed E-state index contributed by atoms with van der Waals surface area (Å²) in [5, 5.41) is 7.76. The largest absolute Gasteiger partial charge is 0.353 e. The second-order valence-corrected chi connectivity index (χ2v) is 8.31. The molecular weight excluding hydrogens is 358 g/mol. The Morgan fingerprint density at radius 1 is 1.39 bits per heavy atom. The van der Waals surface area contributed by atoms with Crippen molar-refractivity contribution < 1.29 is 13.2 Å². The van der Waals surface area contributed by atoms with Gasteiger partial charge in [-0.1, -0.05) is 13.0 Å². The molecule has 1 amide bonds. The summed E-state index contributed by atoms with van der Waals surface area (Å²) in [5.41, 5.74) is 0. The van der Waals surface area contributed by atoms with E-state index in [1.165, 1.54) is 15.6 Å². The summed E-state index contributed by atoms with van der Waals surface area (Å²) < 4.78 is 26.8. The summed E-state index contributed by atoms with van der Waals surface area (Å²) >= 11 is 1.19. The second kappa shape index (κ2) is 9.58. The van der Waals surface area contributed by atoms with Gasteiger partial charge in [0, 0.05) is 19.6 Å². The first-order chi connectivity index (χ1) is 10.6. The quantitative estimate of drug-likeness (QED) is 0.668. The van der Waals surface area contributed by atoms with E-state index in [4.69, 9.17) is 0 Å². The summed E-state index contributed by atoms with van der Waals surface area (Å²) in [6.07, 6.45) is 2.35. The van der Waals surface area contributed by atoms with E-state index < -0.39 is 16.1 Å². The monoisotopic (exact) mass is 381 g/mol. The maximum Gasteiger partial charge on any atom is 0.253 e. The first-order valence-corrected chi connectivity index (χ1v) is 9.93. The Hall–Kier alpha value is -0.670. The number of thiophene rings is 1. The normalized spacial score (nSPS) is 18.6. The zero-order chi connectivity index (χ0) is 16.0. The third kappa shape index (κ3) is 5.15. The topological polar surface area (TPSA) is 78.5 Å². The van der Waals surface area contributed by atoms with Crippen LogP contribution < -0.4 is 10.6 Å². The number of hydrogen-bond acceptors (Lipinski definition) is 5. The molecule has 0 bridgehead atoms. The van der Waals surface area contributed by atoms with Gasteiger partial charge in [-0.2, -0.15) is 4.31 Å². The van der Waals surface area contributed by atoms with Crippen LogP contribution in [0.3, 0.4) is 0 Å². The number of rotatable bonds is 8. The Bertz CT molecular complexity index is 578. The number of amides is 1. The molecule has 9 heteroatoms. The molecule has 2 rings (SSSR count). The molecule has 1 atom stereocenters. The predicted octanol–water partition coefficient (Wildman–Crippen LogP) is 1.44. The fourth-order valence-electron chi connectivity index (χ4n) is 2.51. The minimum atomic E-state index is -3.55. The summed E-state index contributed by atoms with van der Waals surface area (Å²) in [4.78, 5) is 12.3. The molecular formula is C14H24ClN3O3S2. The van der Waals surface area contributed by atoms with Crippen molar-refractivity contribution >= 4 is 39.7 Å². The molecule has 0 spiro atoms. The second-order valence-electron chi connectivity index (χ2n) is 5.25. The van der Waals surface area contributed by atoms with Crippen LogP contribution in [0.15, 0.2) is 21.7 Å². The highest BCUT2D eigenvalue weighted by Gasteiger charge is 2.39. The molecule has 0 radical (unpaired) electrons. The Labute approximate surface area is 148 Å². The fourth-order valence-corrected chi connectivity index (χ4v) is 5.29. The molecule has 0 aromatic carbocycles. The Morgan fingerprint density at radius 3 is 2.83 bits per heavy atom. The fraction of sp³-hybridized carbons (Fsp3) is 0.643. The van der Waals surface area contributed by atoms with Gasteiger partial charge in [-0.25, -0.2) is 8.42 Å². The smallest absolute Gasteiger partial charge is 0.253 e. The predicted molar refractivity (Wildman–Crippen MR) is 94.7 cm³/mol. The lowest BCUT2D eigenvalue weighted by Gasteiger charge is -2.22. The zero-order valence-corrected chi connectivity index (χ0v) is 15.6. The lowest BCUT2D eigenvalue weighted by atomic mass is 10.2. The van der Waals surface area contributed by atoms with Crippen LogP contribution >= 0.6 is 23.7 Å². The summed E-state index contributed by atoms with van der Waals surface area (Å²) in [6, 6.07) is 2.71. The van der Waals surface area contributed by atoms with E-state index in [0.29, 0.717) is 30.3 Å². The van der Waals surface area contributed by atoms with Gasteiger partial charge in [-0.15, -0.1) is 23.7 Å². The molecule has 2 heterocycles. The molecule has 1 aliphatic rings. The van der Waals surface area contributed by atoms with Gasteiger partial charge in [0.25, 0.3) is 10.0 Å². The van der Waals surface area contributed by atoms with Crippen molar-refractivity contribution in [2.45, 2.75) is 36.4 Å². The Balaban J connectivity index is 0.00000264. The first kappa shape index (κ1) is 20.4. The molecule has 1 aromatic rings. The third-order valence-electron chi connectivity index (χ3n) is 3.59. The van der Waals surface area contributed by atoms with E-state index in [2.05, 4.69) is 17.6 Å². The van der Waals surface area contributed by atoms with E-state index in [-0.39, 0.29) is 18.3 Å². The van der Waals surface area contributed by atoms with Crippen molar-refractivity contribution in [1.82, 2.24) is 14.9 Å². The van der Waals surface area contributed by atoms with Crippen LogP contribution in [-0.2, 0) is 14.8 Å². The van der Waals surface area contributed by atoms with Crippen molar-refractivity contribution in [3.05, 3.63) is 17.5 Å². The van der Waals surface area contributed by atoms with Gasteiger partial charge < -0.3 is 10.6 Å². The molecule has 6 nitrogen and oxygen atoms in total. The van der Waals surface area contributed by atoms with Gasteiger partial charge in [-0.05, 0) is 37.3 Å².